The van der Waals surface area contributed by atoms with Crippen LogP contribution in [0.3, 0.4) is 0 Å². The first kappa shape index (κ1) is 14.2. The molecule has 3 nitrogen and oxygen atoms in total. The highest BCUT2D eigenvalue weighted by Crippen LogP contribution is 2.11. The SMILES string of the molecule is CCCCC(O)C(O)C(N)Cc1ccccc1. The average Bonchev–Trinajstić information content (AvgIpc) is 2.36. The third kappa shape index (κ3) is 4.86. The van der Waals surface area contributed by atoms with E-state index in [0.29, 0.717) is 12.8 Å². The lowest BCUT2D eigenvalue weighted by molar-refractivity contribution is -0.00126. The normalized spacial score (nSPS) is 16.5. The predicted molar refractivity (Wildman–Crippen MR) is 69.7 cm³/mol. The maximum Gasteiger partial charge on any atom is 0.0952 e. The molecule has 1 aromatic carbocycles. The molecule has 96 valence electrons. The van der Waals surface area contributed by atoms with Crippen LogP contribution in [-0.4, -0.2) is 28.5 Å². The Kier molecular flexibility index (Phi) is 6.19. The summed E-state index contributed by atoms with van der Waals surface area (Å²) < 4.78 is 0. The maximum absolute atomic E-state index is 9.90. The number of hydrogen-bond donors (Lipinski definition) is 3. The van der Waals surface area contributed by atoms with Crippen LogP contribution < -0.4 is 5.73 Å². The summed E-state index contributed by atoms with van der Waals surface area (Å²) in [6, 6.07) is 9.38. The maximum atomic E-state index is 9.90. The second-order valence-electron chi connectivity index (χ2n) is 4.55. The van der Waals surface area contributed by atoms with E-state index in [0.717, 1.165) is 18.4 Å². The van der Waals surface area contributed by atoms with Crippen molar-refractivity contribution >= 4 is 0 Å². The van der Waals surface area contributed by atoms with Gasteiger partial charge in [0, 0.05) is 6.04 Å². The molecule has 1 aromatic rings. The van der Waals surface area contributed by atoms with E-state index in [-0.39, 0.29) is 0 Å². The third-order valence-corrected chi connectivity index (χ3v) is 3.00. The Morgan fingerprint density at radius 3 is 2.41 bits per heavy atom. The van der Waals surface area contributed by atoms with Crippen LogP contribution in [-0.2, 0) is 6.42 Å². The second kappa shape index (κ2) is 7.43. The monoisotopic (exact) mass is 237 g/mol. The molecule has 0 bridgehead atoms. The van der Waals surface area contributed by atoms with Crippen LogP contribution in [0.4, 0.5) is 0 Å². The summed E-state index contributed by atoms with van der Waals surface area (Å²) in [6.07, 6.45) is 1.56. The Morgan fingerprint density at radius 1 is 1.18 bits per heavy atom. The fourth-order valence-electron chi connectivity index (χ4n) is 1.88. The lowest BCUT2D eigenvalue weighted by atomic mass is 9.96. The molecule has 4 N–H and O–H groups in total. The van der Waals surface area contributed by atoms with Crippen LogP contribution in [0.15, 0.2) is 30.3 Å². The Balaban J connectivity index is 2.43. The Morgan fingerprint density at radius 2 is 1.82 bits per heavy atom. The van der Waals surface area contributed by atoms with Crippen molar-refractivity contribution in [3.05, 3.63) is 35.9 Å². The van der Waals surface area contributed by atoms with Gasteiger partial charge in [-0.3, -0.25) is 0 Å². The summed E-state index contributed by atoms with van der Waals surface area (Å²) in [5.74, 6) is 0. The van der Waals surface area contributed by atoms with Crippen molar-refractivity contribution in [2.24, 2.45) is 5.73 Å². The fraction of sp³-hybridized carbons (Fsp3) is 0.571. The number of hydrogen-bond acceptors (Lipinski definition) is 3. The Labute approximate surface area is 103 Å². The van der Waals surface area contributed by atoms with Gasteiger partial charge in [-0.1, -0.05) is 50.1 Å². The van der Waals surface area contributed by atoms with Crippen molar-refractivity contribution in [2.75, 3.05) is 0 Å². The first-order chi connectivity index (χ1) is 8.15. The van der Waals surface area contributed by atoms with Gasteiger partial charge in [-0.25, -0.2) is 0 Å². The zero-order valence-corrected chi connectivity index (χ0v) is 10.4. The lowest BCUT2D eigenvalue weighted by Crippen LogP contribution is -2.44. The molecule has 0 saturated heterocycles. The molecule has 0 aliphatic carbocycles. The van der Waals surface area contributed by atoms with Gasteiger partial charge in [0.25, 0.3) is 0 Å². The molecule has 0 saturated carbocycles. The van der Waals surface area contributed by atoms with Crippen LogP contribution in [0.5, 0.6) is 0 Å². The van der Waals surface area contributed by atoms with E-state index in [1.165, 1.54) is 0 Å². The molecular formula is C14H23NO2. The van der Waals surface area contributed by atoms with Crippen LogP contribution in [0.1, 0.15) is 31.7 Å². The van der Waals surface area contributed by atoms with Crippen LogP contribution >= 0.6 is 0 Å². The molecule has 3 heteroatoms. The average molecular weight is 237 g/mol. The smallest absolute Gasteiger partial charge is 0.0952 e. The van der Waals surface area contributed by atoms with E-state index in [1.807, 2.05) is 30.3 Å². The van der Waals surface area contributed by atoms with Crippen molar-refractivity contribution < 1.29 is 10.2 Å². The summed E-state index contributed by atoms with van der Waals surface area (Å²) in [6.45, 7) is 2.06. The zero-order valence-electron chi connectivity index (χ0n) is 10.4. The van der Waals surface area contributed by atoms with Gasteiger partial charge in [0.15, 0.2) is 0 Å². The highest BCUT2D eigenvalue weighted by atomic mass is 16.3. The summed E-state index contributed by atoms with van der Waals surface area (Å²) in [5, 5.41) is 19.7. The molecule has 0 amide bonds. The molecule has 17 heavy (non-hydrogen) atoms. The molecule has 3 unspecified atom stereocenters. The van der Waals surface area contributed by atoms with Crippen molar-refractivity contribution in [1.82, 2.24) is 0 Å². The minimum Gasteiger partial charge on any atom is -0.390 e. The Hall–Kier alpha value is -0.900. The second-order valence-corrected chi connectivity index (χ2v) is 4.55. The summed E-state index contributed by atoms with van der Waals surface area (Å²) in [5.41, 5.74) is 7.00. The number of rotatable bonds is 7. The molecule has 0 aromatic heterocycles. The zero-order chi connectivity index (χ0) is 12.7. The van der Waals surface area contributed by atoms with Crippen molar-refractivity contribution in [3.63, 3.8) is 0 Å². The first-order valence-corrected chi connectivity index (χ1v) is 6.30. The van der Waals surface area contributed by atoms with Gasteiger partial charge in [-0.15, -0.1) is 0 Å². The highest BCUT2D eigenvalue weighted by Gasteiger charge is 2.22. The molecule has 0 heterocycles. The predicted octanol–water partition coefficient (Wildman–Crippen LogP) is 1.47. The largest absolute Gasteiger partial charge is 0.390 e. The van der Waals surface area contributed by atoms with Crippen LogP contribution in [0.25, 0.3) is 0 Å². The molecule has 1 rings (SSSR count). The van der Waals surface area contributed by atoms with Crippen molar-refractivity contribution in [1.29, 1.82) is 0 Å². The van der Waals surface area contributed by atoms with Gasteiger partial charge in [0.2, 0.25) is 0 Å². The molecule has 3 atom stereocenters. The molecule has 0 spiro atoms. The van der Waals surface area contributed by atoms with E-state index in [9.17, 15) is 10.2 Å². The highest BCUT2D eigenvalue weighted by molar-refractivity contribution is 5.16. The minimum absolute atomic E-state index is 0.413. The minimum atomic E-state index is -0.846. The Bertz CT molecular complexity index is 302. The number of aliphatic hydroxyl groups is 2. The molecule has 0 fully saturated rings. The molecule has 0 radical (unpaired) electrons. The number of benzene rings is 1. The van der Waals surface area contributed by atoms with Gasteiger partial charge >= 0.3 is 0 Å². The quantitative estimate of drug-likeness (QED) is 0.672. The van der Waals surface area contributed by atoms with Gasteiger partial charge < -0.3 is 15.9 Å². The van der Waals surface area contributed by atoms with E-state index in [1.54, 1.807) is 0 Å². The van der Waals surface area contributed by atoms with Gasteiger partial charge in [-0.05, 0) is 18.4 Å². The first-order valence-electron chi connectivity index (χ1n) is 6.30. The molecule has 0 aliphatic rings. The number of nitrogens with two attached hydrogens (primary N) is 1. The summed E-state index contributed by atoms with van der Waals surface area (Å²) in [4.78, 5) is 0. The van der Waals surface area contributed by atoms with E-state index in [2.05, 4.69) is 6.92 Å². The standard InChI is InChI=1S/C14H23NO2/c1-2-3-9-13(16)14(17)12(15)10-11-7-5-4-6-8-11/h4-8,12-14,16-17H,2-3,9-10,15H2,1H3. The van der Waals surface area contributed by atoms with Crippen molar-refractivity contribution in [3.8, 4) is 0 Å². The van der Waals surface area contributed by atoms with Crippen molar-refractivity contribution in [2.45, 2.75) is 50.9 Å². The van der Waals surface area contributed by atoms with E-state index < -0.39 is 18.2 Å². The van der Waals surface area contributed by atoms with E-state index >= 15 is 0 Å². The van der Waals surface area contributed by atoms with Gasteiger partial charge in [0.1, 0.15) is 0 Å². The van der Waals surface area contributed by atoms with Gasteiger partial charge in [0.05, 0.1) is 12.2 Å². The fourth-order valence-corrected chi connectivity index (χ4v) is 1.88. The van der Waals surface area contributed by atoms with Gasteiger partial charge in [-0.2, -0.15) is 0 Å². The van der Waals surface area contributed by atoms with E-state index in [4.69, 9.17) is 5.73 Å². The molecular weight excluding hydrogens is 214 g/mol. The lowest BCUT2D eigenvalue weighted by Gasteiger charge is -2.23. The summed E-state index contributed by atoms with van der Waals surface area (Å²) >= 11 is 0. The summed E-state index contributed by atoms with van der Waals surface area (Å²) in [7, 11) is 0. The number of unbranched alkanes of at least 4 members (excludes halogenated alkanes) is 1. The van der Waals surface area contributed by atoms with Crippen LogP contribution in [0.2, 0.25) is 0 Å². The van der Waals surface area contributed by atoms with Crippen LogP contribution in [0, 0.1) is 0 Å². The number of aliphatic hydroxyl groups excluding tert-OH is 2. The topological polar surface area (TPSA) is 66.5 Å². The molecule has 0 aliphatic heterocycles. The third-order valence-electron chi connectivity index (χ3n) is 3.00.